The molecule has 1 atom stereocenters. The van der Waals surface area contributed by atoms with E-state index >= 15 is 0 Å². The molecule has 0 fully saturated rings. The van der Waals surface area contributed by atoms with Gasteiger partial charge in [-0.1, -0.05) is 12.1 Å². The van der Waals surface area contributed by atoms with Crippen molar-refractivity contribution in [3.63, 3.8) is 0 Å². The second-order valence-corrected chi connectivity index (χ2v) is 4.08. The summed E-state index contributed by atoms with van der Waals surface area (Å²) in [5, 5.41) is 26.9. The Labute approximate surface area is 103 Å². The first-order valence-electron chi connectivity index (χ1n) is 5.45. The van der Waals surface area contributed by atoms with Crippen molar-refractivity contribution >= 4 is 12.0 Å². The number of aromatic nitrogens is 4. The van der Waals surface area contributed by atoms with Gasteiger partial charge in [-0.25, -0.2) is 4.79 Å². The third-order valence-corrected chi connectivity index (χ3v) is 2.73. The van der Waals surface area contributed by atoms with Crippen molar-refractivity contribution in [1.82, 2.24) is 31.3 Å². The van der Waals surface area contributed by atoms with E-state index in [0.717, 1.165) is 0 Å². The van der Waals surface area contributed by atoms with Gasteiger partial charge in [-0.05, 0) is 13.3 Å². The van der Waals surface area contributed by atoms with E-state index in [4.69, 9.17) is 5.11 Å². The lowest BCUT2D eigenvalue weighted by Gasteiger charge is -2.23. The number of tetrazole rings is 1. The Balaban J connectivity index is 2.34. The van der Waals surface area contributed by atoms with Crippen LogP contribution in [0.5, 0.6) is 0 Å². The molecule has 0 aliphatic carbocycles. The minimum Gasteiger partial charge on any atom is -0.481 e. The summed E-state index contributed by atoms with van der Waals surface area (Å²) in [7, 11) is 0. The number of aliphatic carboxylic acids is 1. The average molecular weight is 256 g/mol. The summed E-state index contributed by atoms with van der Waals surface area (Å²) in [6.45, 7) is 3.51. The Morgan fingerprint density at radius 1 is 1.44 bits per heavy atom. The fourth-order valence-electron chi connectivity index (χ4n) is 1.11. The van der Waals surface area contributed by atoms with Gasteiger partial charge in [-0.2, -0.15) is 5.21 Å². The Bertz CT molecular complexity index is 406. The van der Waals surface area contributed by atoms with Crippen molar-refractivity contribution in [3.05, 3.63) is 5.82 Å². The normalized spacial score (nSPS) is 13.7. The molecule has 100 valence electrons. The molecule has 2 amide bonds. The number of H-pyrrole nitrogens is 1. The van der Waals surface area contributed by atoms with Crippen molar-refractivity contribution in [2.24, 2.45) is 5.41 Å². The molecule has 1 rings (SSSR count). The van der Waals surface area contributed by atoms with Crippen LogP contribution in [-0.2, 0) is 11.3 Å². The predicted molar refractivity (Wildman–Crippen MR) is 60.4 cm³/mol. The molecule has 0 aliphatic heterocycles. The maximum absolute atomic E-state index is 11.4. The van der Waals surface area contributed by atoms with Crippen molar-refractivity contribution in [3.8, 4) is 0 Å². The average Bonchev–Trinajstić information content (AvgIpc) is 2.86. The molecule has 0 spiro atoms. The van der Waals surface area contributed by atoms with Gasteiger partial charge in [-0.15, -0.1) is 10.2 Å². The molecular weight excluding hydrogens is 240 g/mol. The van der Waals surface area contributed by atoms with Crippen LogP contribution in [0.4, 0.5) is 4.79 Å². The maximum atomic E-state index is 11.4. The molecule has 0 aromatic carbocycles. The lowest BCUT2D eigenvalue weighted by atomic mass is 9.88. The number of nitrogens with one attached hydrogen (secondary N) is 3. The van der Waals surface area contributed by atoms with Crippen LogP contribution in [0.2, 0.25) is 0 Å². The van der Waals surface area contributed by atoms with Crippen LogP contribution < -0.4 is 10.6 Å². The third kappa shape index (κ3) is 3.68. The van der Waals surface area contributed by atoms with Crippen LogP contribution in [0.1, 0.15) is 26.1 Å². The summed E-state index contributed by atoms with van der Waals surface area (Å²) in [5.74, 6) is -0.592. The summed E-state index contributed by atoms with van der Waals surface area (Å²) < 4.78 is 0. The fraction of sp³-hybridized carbons (Fsp3) is 0.667. The van der Waals surface area contributed by atoms with Gasteiger partial charge in [-0.3, -0.25) is 4.79 Å². The minimum atomic E-state index is -0.969. The van der Waals surface area contributed by atoms with Crippen LogP contribution in [-0.4, -0.2) is 44.3 Å². The number of amides is 2. The van der Waals surface area contributed by atoms with Gasteiger partial charge in [0.15, 0.2) is 5.82 Å². The molecule has 4 N–H and O–H groups in total. The highest BCUT2D eigenvalue weighted by atomic mass is 16.4. The molecule has 9 heteroatoms. The number of carbonyl (C=O) groups excluding carboxylic acids is 1. The van der Waals surface area contributed by atoms with Gasteiger partial charge in [0.25, 0.3) is 0 Å². The first-order valence-corrected chi connectivity index (χ1v) is 5.45. The van der Waals surface area contributed by atoms with Gasteiger partial charge >= 0.3 is 12.0 Å². The van der Waals surface area contributed by atoms with Crippen molar-refractivity contribution in [2.45, 2.75) is 26.8 Å². The standard InChI is InChI=1S/C9H16N6O3/c1-3-9(2,7(16)17)5-11-8(18)10-4-6-12-14-15-13-6/h3-5H2,1-2H3,(H,16,17)(H2,10,11,18)(H,12,13,14,15). The zero-order valence-corrected chi connectivity index (χ0v) is 10.2. The number of nitrogens with zero attached hydrogens (tertiary/aromatic N) is 3. The van der Waals surface area contributed by atoms with Gasteiger partial charge in [0.05, 0.1) is 12.0 Å². The fourth-order valence-corrected chi connectivity index (χ4v) is 1.11. The number of carboxylic acid groups (broad SMARTS) is 1. The highest BCUT2D eigenvalue weighted by molar-refractivity contribution is 5.77. The van der Waals surface area contributed by atoms with Gasteiger partial charge in [0, 0.05) is 6.54 Å². The number of urea groups is 1. The van der Waals surface area contributed by atoms with Crippen LogP contribution in [0.25, 0.3) is 0 Å². The SMILES string of the molecule is CCC(C)(CNC(=O)NCc1nn[nH]n1)C(=O)O. The van der Waals surface area contributed by atoms with Crippen molar-refractivity contribution in [1.29, 1.82) is 0 Å². The molecule has 18 heavy (non-hydrogen) atoms. The highest BCUT2D eigenvalue weighted by Gasteiger charge is 2.31. The molecule has 1 heterocycles. The molecule has 1 aromatic heterocycles. The number of carboxylic acids is 1. The van der Waals surface area contributed by atoms with Crippen LogP contribution in [0, 0.1) is 5.41 Å². The Hall–Kier alpha value is -2.19. The number of aromatic amines is 1. The van der Waals surface area contributed by atoms with E-state index in [1.165, 1.54) is 0 Å². The minimum absolute atomic E-state index is 0.0525. The van der Waals surface area contributed by atoms with Gasteiger partial charge in [0.2, 0.25) is 0 Å². The summed E-state index contributed by atoms with van der Waals surface area (Å²) >= 11 is 0. The number of hydrogen-bond donors (Lipinski definition) is 4. The molecule has 0 aliphatic rings. The van der Waals surface area contributed by atoms with Crippen LogP contribution in [0.15, 0.2) is 0 Å². The summed E-state index contributed by atoms with van der Waals surface area (Å²) in [4.78, 5) is 22.4. The first kappa shape index (κ1) is 13.9. The van der Waals surface area contributed by atoms with E-state index in [1.807, 2.05) is 0 Å². The zero-order valence-electron chi connectivity index (χ0n) is 10.2. The molecule has 0 radical (unpaired) electrons. The van der Waals surface area contributed by atoms with Crippen LogP contribution >= 0.6 is 0 Å². The maximum Gasteiger partial charge on any atom is 0.315 e. The van der Waals surface area contributed by atoms with E-state index in [1.54, 1.807) is 13.8 Å². The second kappa shape index (κ2) is 5.94. The topological polar surface area (TPSA) is 133 Å². The Kier molecular flexibility index (Phi) is 4.58. The van der Waals surface area contributed by atoms with Crippen molar-refractivity contribution < 1.29 is 14.7 Å². The van der Waals surface area contributed by atoms with E-state index in [9.17, 15) is 9.59 Å². The molecule has 1 unspecified atom stereocenters. The Morgan fingerprint density at radius 2 is 2.17 bits per heavy atom. The Morgan fingerprint density at radius 3 is 2.67 bits per heavy atom. The zero-order chi connectivity index (χ0) is 13.6. The number of rotatable bonds is 6. The molecule has 0 saturated heterocycles. The molecular formula is C9H16N6O3. The van der Waals surface area contributed by atoms with E-state index in [-0.39, 0.29) is 13.1 Å². The predicted octanol–water partition coefficient (Wildman–Crippen LogP) is -0.500. The largest absolute Gasteiger partial charge is 0.481 e. The monoisotopic (exact) mass is 256 g/mol. The van der Waals surface area contributed by atoms with Gasteiger partial charge < -0.3 is 15.7 Å². The quantitative estimate of drug-likeness (QED) is 0.542. The van der Waals surface area contributed by atoms with Crippen molar-refractivity contribution in [2.75, 3.05) is 6.54 Å². The second-order valence-electron chi connectivity index (χ2n) is 4.08. The lowest BCUT2D eigenvalue weighted by Crippen LogP contribution is -2.44. The van der Waals surface area contributed by atoms with Crippen LogP contribution in [0.3, 0.4) is 0 Å². The summed E-state index contributed by atoms with van der Waals surface area (Å²) in [6, 6.07) is -0.472. The third-order valence-electron chi connectivity index (χ3n) is 2.73. The number of hydrogen-bond acceptors (Lipinski definition) is 5. The lowest BCUT2D eigenvalue weighted by molar-refractivity contribution is -0.147. The molecule has 9 nitrogen and oxygen atoms in total. The molecule has 0 saturated carbocycles. The number of carbonyl (C=O) groups is 2. The highest BCUT2D eigenvalue weighted by Crippen LogP contribution is 2.19. The summed E-state index contributed by atoms with van der Waals surface area (Å²) in [5.41, 5.74) is -0.969. The van der Waals surface area contributed by atoms with E-state index in [0.29, 0.717) is 12.2 Å². The summed E-state index contributed by atoms with van der Waals surface area (Å²) in [6.07, 6.45) is 0.424. The molecule has 1 aromatic rings. The van der Waals surface area contributed by atoms with Gasteiger partial charge in [0.1, 0.15) is 0 Å². The van der Waals surface area contributed by atoms with E-state index < -0.39 is 17.4 Å². The first-order chi connectivity index (χ1) is 8.48. The molecule has 0 bridgehead atoms. The van der Waals surface area contributed by atoms with E-state index in [2.05, 4.69) is 31.3 Å². The smallest absolute Gasteiger partial charge is 0.315 e.